The van der Waals surface area contributed by atoms with Gasteiger partial charge in [0, 0.05) is 31.2 Å². The van der Waals surface area contributed by atoms with Crippen LogP contribution in [0.15, 0.2) is 42.9 Å². The molecule has 6 amide bonds. The summed E-state index contributed by atoms with van der Waals surface area (Å²) in [6.07, 6.45) is -1.87. The lowest BCUT2D eigenvalue weighted by atomic mass is 10.00. The number of phosphoric acid groups is 1. The number of imidazole rings is 1. The molecule has 0 aliphatic heterocycles. The van der Waals surface area contributed by atoms with Crippen molar-refractivity contribution < 1.29 is 72.6 Å². The number of nitrogens with one attached hydrogen (secondary N) is 7. The maximum Gasteiger partial charge on any atom is 0.469 e. The maximum atomic E-state index is 13.9. The zero-order valence-electron chi connectivity index (χ0n) is 33.8. The summed E-state index contributed by atoms with van der Waals surface area (Å²) in [5, 5.41) is 42.7. The van der Waals surface area contributed by atoms with Crippen molar-refractivity contribution in [2.24, 2.45) is 11.7 Å². The van der Waals surface area contributed by atoms with Crippen molar-refractivity contribution in [3.8, 4) is 0 Å². The molecule has 0 fully saturated rings. The van der Waals surface area contributed by atoms with Crippen LogP contribution in [0.5, 0.6) is 0 Å². The third-order valence-electron chi connectivity index (χ3n) is 8.71. The molecule has 0 spiro atoms. The first kappa shape index (κ1) is 51.4. The molecule has 1 aromatic heterocycles. The molecule has 0 saturated carbocycles. The second kappa shape index (κ2) is 24.5. The number of benzene rings is 1. The number of rotatable bonds is 26. The number of aliphatic hydroxyl groups excluding tert-OH is 1. The lowest BCUT2D eigenvalue weighted by molar-refractivity contribution is -0.144. The second-order valence-electron chi connectivity index (χ2n) is 14.5. The topological polar surface area (TPSA) is 391 Å². The summed E-state index contributed by atoms with van der Waals surface area (Å²) < 4.78 is 16.3. The van der Waals surface area contributed by atoms with Gasteiger partial charge in [-0.3, -0.25) is 38.1 Å². The molecule has 1 aromatic carbocycles. The van der Waals surface area contributed by atoms with Crippen molar-refractivity contribution in [2.45, 2.75) is 108 Å². The molecule has 25 heteroatoms. The van der Waals surface area contributed by atoms with Gasteiger partial charge >= 0.3 is 19.8 Å². The van der Waals surface area contributed by atoms with Crippen LogP contribution in [0, 0.1) is 5.92 Å². The van der Waals surface area contributed by atoms with Crippen LogP contribution in [0.2, 0.25) is 0 Å². The van der Waals surface area contributed by atoms with Gasteiger partial charge in [0.15, 0.2) is 0 Å². The number of hydrogen-bond acceptors (Lipinski definition) is 13. The van der Waals surface area contributed by atoms with Gasteiger partial charge in [0.2, 0.25) is 35.4 Å². The molecule has 14 N–H and O–H groups in total. The van der Waals surface area contributed by atoms with Crippen LogP contribution in [0.1, 0.15) is 58.2 Å². The molecule has 2 rings (SSSR count). The number of H-pyrrole nitrogens is 1. The standard InChI is InChI=1S/C36H54N9O15P/c1-18(2)12-25(33(52)45-30(20(4)60-61(57,58)59)35(54)42-24(36(55)56)10-11-28(48)49)43-32(51)26(13-21-8-6-5-7-9-21)41-27(47)16-39-34(53)29(19(3)46)44-31(50)23(37)14-22-15-38-17-40-22/h5-9,15,17-20,23-26,29-30,46H,10-14,16,37H2,1-4H3,(H,38,40)(H,39,53)(H,41,47)(H,42,54)(H,43,51)(H,44,50)(H,45,52)(H,48,49)(H,55,56)(H2,57,58,59)/t19-,20-,23+,24+,25+,26+,29+,30+/m1/s1. The van der Waals surface area contributed by atoms with E-state index in [2.05, 4.69) is 41.1 Å². The zero-order chi connectivity index (χ0) is 46.0. The van der Waals surface area contributed by atoms with Crippen LogP contribution >= 0.6 is 7.82 Å². The highest BCUT2D eigenvalue weighted by atomic mass is 31.2. The molecule has 0 saturated heterocycles. The Kier molecular flexibility index (Phi) is 20.6. The quantitative estimate of drug-likeness (QED) is 0.0417. The Labute approximate surface area is 349 Å². The third kappa shape index (κ3) is 19.0. The first-order valence-electron chi connectivity index (χ1n) is 18.9. The van der Waals surface area contributed by atoms with Crippen molar-refractivity contribution in [3.63, 3.8) is 0 Å². The van der Waals surface area contributed by atoms with E-state index in [9.17, 15) is 62.9 Å². The molecular formula is C36H54N9O15P. The fourth-order valence-corrected chi connectivity index (χ4v) is 6.22. The molecule has 0 aliphatic carbocycles. The molecule has 0 unspecified atom stereocenters. The fraction of sp³-hybridized carbons (Fsp3) is 0.528. The van der Waals surface area contributed by atoms with Crippen LogP contribution in [-0.2, 0) is 60.3 Å². The fourth-order valence-electron chi connectivity index (χ4n) is 5.66. The SMILES string of the molecule is CC(C)C[C@H](NC(=O)[C@H](Cc1ccccc1)NC(=O)CNC(=O)[C@@H](NC(=O)[C@@H](N)Cc1cnc[nH]1)[C@@H](C)O)C(=O)N[C@H](C(=O)N[C@@H](CCC(=O)O)C(=O)O)[C@@H](C)OP(=O)(O)O. The minimum Gasteiger partial charge on any atom is -0.481 e. The Balaban J connectivity index is 2.29. The van der Waals surface area contributed by atoms with Crippen LogP contribution in [0.25, 0.3) is 0 Å². The van der Waals surface area contributed by atoms with Crippen LogP contribution in [0.4, 0.5) is 0 Å². The second-order valence-corrected chi connectivity index (χ2v) is 15.6. The Morgan fingerprint density at radius 2 is 1.39 bits per heavy atom. The van der Waals surface area contributed by atoms with Gasteiger partial charge in [-0.05, 0) is 38.2 Å². The van der Waals surface area contributed by atoms with Crippen LogP contribution in [-0.4, -0.2) is 137 Å². The number of hydrogen-bond donors (Lipinski definition) is 13. The van der Waals surface area contributed by atoms with Crippen LogP contribution in [0.3, 0.4) is 0 Å². The summed E-state index contributed by atoms with van der Waals surface area (Å²) >= 11 is 0. The molecule has 8 atom stereocenters. The molecule has 0 bridgehead atoms. The molecule has 0 radical (unpaired) electrons. The molecular weight excluding hydrogens is 829 g/mol. The number of carboxylic acids is 2. The average Bonchev–Trinajstić information content (AvgIpc) is 3.68. The first-order valence-corrected chi connectivity index (χ1v) is 20.4. The van der Waals surface area contributed by atoms with E-state index < -0.39 is 123 Å². The van der Waals surface area contributed by atoms with Crippen molar-refractivity contribution in [1.82, 2.24) is 41.9 Å². The van der Waals surface area contributed by atoms with Crippen LogP contribution < -0.4 is 37.6 Å². The monoisotopic (exact) mass is 883 g/mol. The van der Waals surface area contributed by atoms with Crippen molar-refractivity contribution in [2.75, 3.05) is 6.54 Å². The number of aromatic amines is 1. The number of carbonyl (C=O) groups excluding carboxylic acids is 6. The lowest BCUT2D eigenvalue weighted by Crippen LogP contribution is -2.61. The summed E-state index contributed by atoms with van der Waals surface area (Å²) in [5.74, 6) is -9.32. The Morgan fingerprint density at radius 3 is 1.93 bits per heavy atom. The number of carbonyl (C=O) groups is 8. The van der Waals surface area contributed by atoms with Crippen molar-refractivity contribution in [1.29, 1.82) is 0 Å². The molecule has 338 valence electrons. The first-order chi connectivity index (χ1) is 28.5. The number of nitrogens with two attached hydrogens (primary N) is 1. The lowest BCUT2D eigenvalue weighted by Gasteiger charge is -2.29. The Morgan fingerprint density at radius 1 is 0.787 bits per heavy atom. The van der Waals surface area contributed by atoms with Gasteiger partial charge in [0.1, 0.15) is 30.2 Å². The normalized spacial score (nSPS) is 15.4. The molecule has 24 nitrogen and oxygen atoms in total. The molecule has 0 aliphatic rings. The predicted octanol–water partition coefficient (Wildman–Crippen LogP) is -3.06. The van der Waals surface area contributed by atoms with E-state index >= 15 is 0 Å². The number of aromatic nitrogens is 2. The minimum atomic E-state index is -5.31. The average molecular weight is 884 g/mol. The van der Waals surface area contributed by atoms with Gasteiger partial charge in [-0.1, -0.05) is 44.2 Å². The molecule has 2 aromatic rings. The summed E-state index contributed by atoms with van der Waals surface area (Å²) in [4.78, 5) is 128. The van der Waals surface area contributed by atoms with E-state index in [1.54, 1.807) is 44.2 Å². The van der Waals surface area contributed by atoms with Gasteiger partial charge in [-0.25, -0.2) is 14.3 Å². The largest absolute Gasteiger partial charge is 0.481 e. The summed E-state index contributed by atoms with van der Waals surface area (Å²) in [6, 6.07) is -1.04. The highest BCUT2D eigenvalue weighted by Crippen LogP contribution is 2.38. The summed E-state index contributed by atoms with van der Waals surface area (Å²) in [6.45, 7) is 4.83. The Hall–Kier alpha value is -5.78. The number of carboxylic acid groups (broad SMARTS) is 2. The van der Waals surface area contributed by atoms with E-state index in [1.807, 2.05) is 5.32 Å². The van der Waals surface area contributed by atoms with Crippen molar-refractivity contribution >= 4 is 55.2 Å². The number of aliphatic hydroxyl groups is 1. The van der Waals surface area contributed by atoms with Gasteiger partial charge < -0.3 is 67.7 Å². The molecule has 61 heavy (non-hydrogen) atoms. The number of nitrogens with zero attached hydrogens (tertiary/aromatic N) is 1. The van der Waals surface area contributed by atoms with E-state index in [-0.39, 0.29) is 25.2 Å². The number of phosphoric ester groups is 1. The van der Waals surface area contributed by atoms with E-state index in [1.165, 1.54) is 19.4 Å². The van der Waals surface area contributed by atoms with Crippen molar-refractivity contribution in [3.05, 3.63) is 54.1 Å². The van der Waals surface area contributed by atoms with E-state index in [0.717, 1.165) is 6.92 Å². The minimum absolute atomic E-state index is 0.0381. The van der Waals surface area contributed by atoms with E-state index in [4.69, 9.17) is 10.8 Å². The van der Waals surface area contributed by atoms with Gasteiger partial charge in [-0.2, -0.15) is 0 Å². The zero-order valence-corrected chi connectivity index (χ0v) is 34.7. The molecule has 1 heterocycles. The van der Waals surface area contributed by atoms with Gasteiger partial charge in [0.25, 0.3) is 0 Å². The predicted molar refractivity (Wildman–Crippen MR) is 211 cm³/mol. The summed E-state index contributed by atoms with van der Waals surface area (Å²) in [5.41, 5.74) is 7.03. The smallest absolute Gasteiger partial charge is 0.469 e. The maximum absolute atomic E-state index is 13.9. The highest BCUT2D eigenvalue weighted by Gasteiger charge is 2.37. The number of amides is 6. The third-order valence-corrected chi connectivity index (χ3v) is 9.31. The van der Waals surface area contributed by atoms with Gasteiger partial charge in [0.05, 0.1) is 31.1 Å². The number of aliphatic carboxylic acids is 2. The highest BCUT2D eigenvalue weighted by molar-refractivity contribution is 7.46. The van der Waals surface area contributed by atoms with E-state index in [0.29, 0.717) is 11.3 Å². The van der Waals surface area contributed by atoms with Gasteiger partial charge in [-0.15, -0.1) is 0 Å². The Bertz CT molecular complexity index is 1860. The summed E-state index contributed by atoms with van der Waals surface area (Å²) in [7, 11) is -5.31.